The average Bonchev–Trinajstić information content (AvgIpc) is 3.23. The van der Waals surface area contributed by atoms with E-state index in [4.69, 9.17) is 10.2 Å². The largest absolute Gasteiger partial charge is 0.481 e. The molecule has 1 aliphatic heterocycles. The van der Waals surface area contributed by atoms with Crippen molar-refractivity contribution in [3.63, 3.8) is 0 Å². The van der Waals surface area contributed by atoms with Crippen molar-refractivity contribution in [3.8, 4) is 11.5 Å². The number of aliphatic carboxylic acids is 1. The first-order valence-electron chi connectivity index (χ1n) is 10.2. The standard InChI is InChI=1S/C22H18F3N5O5/c1-11-13(3-2-4-16(11)22(23,24)25)9-30-18(31)15(19(32)33)10-29(21(30)34)14-7-5-12(6-8-14)17-27-28-20(26)35-17/h2-8,15H,9-10H2,1H3,(H2,26,28)(H,32,33). The summed E-state index contributed by atoms with van der Waals surface area (Å²) < 4.78 is 45.1. The molecular formula is C22H18F3N5O5. The number of hydrogen-bond donors (Lipinski definition) is 2. The van der Waals surface area contributed by atoms with Crippen LogP contribution in [0.1, 0.15) is 16.7 Å². The van der Waals surface area contributed by atoms with Gasteiger partial charge < -0.3 is 15.3 Å². The van der Waals surface area contributed by atoms with Crippen LogP contribution in [0.2, 0.25) is 0 Å². The third kappa shape index (κ3) is 4.52. The zero-order valence-corrected chi connectivity index (χ0v) is 18.1. The molecule has 182 valence electrons. The Bertz CT molecular complexity index is 1310. The second-order valence-electron chi connectivity index (χ2n) is 7.79. The van der Waals surface area contributed by atoms with E-state index in [1.54, 1.807) is 0 Å². The number of anilines is 2. The van der Waals surface area contributed by atoms with Crippen LogP contribution in [-0.4, -0.2) is 44.7 Å². The number of imide groups is 1. The number of carbonyl (C=O) groups excluding carboxylic acids is 2. The molecule has 1 atom stereocenters. The fourth-order valence-electron chi connectivity index (χ4n) is 3.78. The molecule has 0 aliphatic carbocycles. The van der Waals surface area contributed by atoms with Crippen LogP contribution in [0.15, 0.2) is 46.9 Å². The summed E-state index contributed by atoms with van der Waals surface area (Å²) in [6, 6.07) is 8.43. The molecule has 1 aliphatic rings. The van der Waals surface area contributed by atoms with E-state index in [1.807, 2.05) is 0 Å². The highest BCUT2D eigenvalue weighted by atomic mass is 19.4. The summed E-state index contributed by atoms with van der Waals surface area (Å²) in [5, 5.41) is 16.9. The van der Waals surface area contributed by atoms with Crippen LogP contribution >= 0.6 is 0 Å². The highest BCUT2D eigenvalue weighted by Crippen LogP contribution is 2.34. The lowest BCUT2D eigenvalue weighted by atomic mass is 9.99. The van der Waals surface area contributed by atoms with Crippen LogP contribution in [0.4, 0.5) is 29.7 Å². The number of aromatic nitrogens is 2. The van der Waals surface area contributed by atoms with Crippen molar-refractivity contribution in [1.29, 1.82) is 0 Å². The molecule has 3 amide bonds. The number of halogens is 3. The maximum atomic E-state index is 13.3. The van der Waals surface area contributed by atoms with Crippen molar-refractivity contribution in [1.82, 2.24) is 15.1 Å². The van der Waals surface area contributed by atoms with E-state index in [9.17, 15) is 32.7 Å². The fraction of sp³-hybridized carbons (Fsp3) is 0.227. The van der Waals surface area contributed by atoms with E-state index in [-0.39, 0.29) is 28.7 Å². The summed E-state index contributed by atoms with van der Waals surface area (Å²) >= 11 is 0. The lowest BCUT2D eigenvalue weighted by Crippen LogP contribution is -2.58. The summed E-state index contributed by atoms with van der Waals surface area (Å²) in [5.74, 6) is -3.95. The molecule has 0 bridgehead atoms. The molecule has 0 saturated carbocycles. The van der Waals surface area contributed by atoms with Gasteiger partial charge in [0.1, 0.15) is 0 Å². The van der Waals surface area contributed by atoms with Gasteiger partial charge in [-0.3, -0.25) is 19.4 Å². The van der Waals surface area contributed by atoms with Gasteiger partial charge in [0.05, 0.1) is 12.1 Å². The number of amides is 3. The Labute approximate surface area is 195 Å². The number of benzene rings is 2. The third-order valence-corrected chi connectivity index (χ3v) is 5.64. The van der Waals surface area contributed by atoms with Gasteiger partial charge in [-0.25, -0.2) is 4.79 Å². The second-order valence-corrected chi connectivity index (χ2v) is 7.79. The molecule has 0 radical (unpaired) electrons. The summed E-state index contributed by atoms with van der Waals surface area (Å²) in [4.78, 5) is 39.5. The van der Waals surface area contributed by atoms with Crippen LogP contribution in [-0.2, 0) is 22.3 Å². The van der Waals surface area contributed by atoms with Crippen molar-refractivity contribution in [2.45, 2.75) is 19.6 Å². The van der Waals surface area contributed by atoms with E-state index in [0.717, 1.165) is 11.0 Å². The molecule has 1 fully saturated rings. The number of nitrogens with two attached hydrogens (primary N) is 1. The molecule has 1 unspecified atom stereocenters. The number of alkyl halides is 3. The highest BCUT2D eigenvalue weighted by molar-refractivity contribution is 6.12. The smallest absolute Gasteiger partial charge is 0.416 e. The zero-order chi connectivity index (χ0) is 25.5. The summed E-state index contributed by atoms with van der Waals surface area (Å²) in [6.45, 7) is 0.261. The van der Waals surface area contributed by atoms with Gasteiger partial charge in [0.15, 0.2) is 5.92 Å². The Morgan fingerprint density at radius 2 is 1.86 bits per heavy atom. The molecule has 1 saturated heterocycles. The van der Waals surface area contributed by atoms with Crippen molar-refractivity contribution < 1.29 is 37.1 Å². The number of nitrogen functional groups attached to an aromatic ring is 1. The van der Waals surface area contributed by atoms with Gasteiger partial charge in [-0.2, -0.15) is 13.2 Å². The van der Waals surface area contributed by atoms with Gasteiger partial charge in [0.25, 0.3) is 0 Å². The van der Waals surface area contributed by atoms with E-state index in [0.29, 0.717) is 10.5 Å². The summed E-state index contributed by atoms with van der Waals surface area (Å²) in [7, 11) is 0. The molecular weight excluding hydrogens is 471 g/mol. The summed E-state index contributed by atoms with van der Waals surface area (Å²) in [6.07, 6.45) is -4.63. The Kier molecular flexibility index (Phi) is 5.92. The second kappa shape index (κ2) is 8.74. The van der Waals surface area contributed by atoms with Crippen molar-refractivity contribution >= 4 is 29.6 Å². The minimum absolute atomic E-state index is 0.0665. The van der Waals surface area contributed by atoms with Gasteiger partial charge in [-0.1, -0.05) is 17.2 Å². The number of rotatable bonds is 5. The predicted octanol–water partition coefficient (Wildman–Crippen LogP) is 3.32. The fourth-order valence-corrected chi connectivity index (χ4v) is 3.78. The average molecular weight is 489 g/mol. The van der Waals surface area contributed by atoms with E-state index < -0.39 is 48.7 Å². The molecule has 0 spiro atoms. The van der Waals surface area contributed by atoms with Gasteiger partial charge in [-0.15, -0.1) is 5.10 Å². The summed E-state index contributed by atoms with van der Waals surface area (Å²) in [5.41, 5.74) is 5.15. The maximum Gasteiger partial charge on any atom is 0.416 e. The lowest BCUT2D eigenvalue weighted by Gasteiger charge is -2.37. The Morgan fingerprint density at radius 1 is 1.17 bits per heavy atom. The van der Waals surface area contributed by atoms with E-state index >= 15 is 0 Å². The van der Waals surface area contributed by atoms with E-state index in [1.165, 1.54) is 43.3 Å². The Balaban J connectivity index is 1.67. The van der Waals surface area contributed by atoms with Crippen molar-refractivity contribution in [3.05, 3.63) is 59.2 Å². The number of carboxylic acids is 1. The number of nitrogens with zero attached hydrogens (tertiary/aromatic N) is 4. The Hall–Kier alpha value is -4.42. The van der Waals surface area contributed by atoms with Crippen LogP contribution in [0, 0.1) is 12.8 Å². The SMILES string of the molecule is Cc1c(CN2C(=O)C(C(=O)O)CN(c3ccc(-c4nnc(N)o4)cc3)C2=O)cccc1C(F)(F)F. The van der Waals surface area contributed by atoms with Crippen LogP contribution < -0.4 is 10.6 Å². The minimum Gasteiger partial charge on any atom is -0.481 e. The lowest BCUT2D eigenvalue weighted by molar-refractivity contribution is -0.150. The zero-order valence-electron chi connectivity index (χ0n) is 18.1. The van der Waals surface area contributed by atoms with Crippen LogP contribution in [0.3, 0.4) is 0 Å². The van der Waals surface area contributed by atoms with Crippen molar-refractivity contribution in [2.75, 3.05) is 17.2 Å². The van der Waals surface area contributed by atoms with Crippen molar-refractivity contribution in [2.24, 2.45) is 5.92 Å². The molecule has 35 heavy (non-hydrogen) atoms. The number of urea groups is 1. The third-order valence-electron chi connectivity index (χ3n) is 5.64. The first-order valence-corrected chi connectivity index (χ1v) is 10.2. The van der Waals surface area contributed by atoms with Crippen LogP contribution in [0.25, 0.3) is 11.5 Å². The quantitative estimate of drug-likeness (QED) is 0.520. The normalized spacial score (nSPS) is 16.6. The molecule has 13 heteroatoms. The molecule has 1 aromatic heterocycles. The number of carboxylic acid groups (broad SMARTS) is 1. The molecule has 3 N–H and O–H groups in total. The molecule has 3 aromatic rings. The molecule has 2 aromatic carbocycles. The first kappa shape index (κ1) is 23.7. The number of hydrogen-bond acceptors (Lipinski definition) is 7. The van der Waals surface area contributed by atoms with Crippen LogP contribution in [0.5, 0.6) is 0 Å². The van der Waals surface area contributed by atoms with E-state index in [2.05, 4.69) is 10.2 Å². The monoisotopic (exact) mass is 489 g/mol. The van der Waals surface area contributed by atoms with Gasteiger partial charge in [-0.05, 0) is 48.4 Å². The number of carbonyl (C=O) groups is 3. The van der Waals surface area contributed by atoms with Gasteiger partial charge >= 0.3 is 24.2 Å². The minimum atomic E-state index is -4.63. The van der Waals surface area contributed by atoms with Gasteiger partial charge in [0.2, 0.25) is 11.8 Å². The predicted molar refractivity (Wildman–Crippen MR) is 115 cm³/mol. The molecule has 4 rings (SSSR count). The topological polar surface area (TPSA) is 143 Å². The first-order chi connectivity index (χ1) is 16.5. The molecule has 10 nitrogen and oxygen atoms in total. The van der Waals surface area contributed by atoms with Gasteiger partial charge in [0, 0.05) is 17.8 Å². The maximum absolute atomic E-state index is 13.3. The molecule has 2 heterocycles. The Morgan fingerprint density at radius 3 is 2.43 bits per heavy atom. The highest BCUT2D eigenvalue weighted by Gasteiger charge is 2.44.